The molecule has 1 aromatic heterocycles. The Kier molecular flexibility index (Phi) is 3.85. The van der Waals surface area contributed by atoms with Crippen LogP contribution in [0.15, 0.2) is 36.5 Å². The quantitative estimate of drug-likeness (QED) is 0.881. The van der Waals surface area contributed by atoms with Gasteiger partial charge in [0.1, 0.15) is 0 Å². The van der Waals surface area contributed by atoms with Crippen molar-refractivity contribution in [2.45, 2.75) is 13.0 Å². The topological polar surface area (TPSA) is 59.0 Å². The van der Waals surface area contributed by atoms with Crippen molar-refractivity contribution in [3.63, 3.8) is 0 Å². The highest BCUT2D eigenvalue weighted by Crippen LogP contribution is 2.18. The van der Waals surface area contributed by atoms with Crippen molar-refractivity contribution in [1.29, 1.82) is 0 Å². The van der Waals surface area contributed by atoms with E-state index in [1.807, 2.05) is 29.9 Å². The molecule has 1 aromatic carbocycles. The minimum absolute atomic E-state index is 0.0776. The van der Waals surface area contributed by atoms with Gasteiger partial charge in [-0.05, 0) is 37.3 Å². The first-order chi connectivity index (χ1) is 9.11. The molecule has 0 aliphatic heterocycles. The summed E-state index contributed by atoms with van der Waals surface area (Å²) in [4.78, 5) is 11.4. The minimum Gasteiger partial charge on any atom is -0.377 e. The Morgan fingerprint density at radius 1 is 1.26 bits per heavy atom. The zero-order valence-corrected chi connectivity index (χ0v) is 11.3. The van der Waals surface area contributed by atoms with Crippen molar-refractivity contribution in [2.24, 2.45) is 7.05 Å². The van der Waals surface area contributed by atoms with Crippen molar-refractivity contribution < 1.29 is 4.79 Å². The molecule has 2 rings (SSSR count). The van der Waals surface area contributed by atoms with E-state index in [2.05, 4.69) is 22.7 Å². The van der Waals surface area contributed by atoms with Crippen LogP contribution in [0.3, 0.4) is 0 Å². The maximum absolute atomic E-state index is 11.4. The van der Waals surface area contributed by atoms with Gasteiger partial charge < -0.3 is 10.6 Å². The number of aromatic nitrogens is 2. The fraction of sp³-hybridized carbons (Fsp3) is 0.286. The molecule has 0 saturated carbocycles. The molecule has 19 heavy (non-hydrogen) atoms. The lowest BCUT2D eigenvalue weighted by atomic mass is 10.1. The molecule has 0 saturated heterocycles. The predicted octanol–water partition coefficient (Wildman–Crippen LogP) is 1.95. The van der Waals surface area contributed by atoms with Crippen LogP contribution < -0.4 is 10.6 Å². The molecule has 100 valence electrons. The first-order valence-electron chi connectivity index (χ1n) is 6.18. The van der Waals surface area contributed by atoms with E-state index in [0.29, 0.717) is 5.56 Å². The number of aryl methyl sites for hydroxylation is 1. The first kappa shape index (κ1) is 13.1. The Balaban J connectivity index is 2.08. The summed E-state index contributed by atoms with van der Waals surface area (Å²) in [6.07, 6.45) is 1.78. The Morgan fingerprint density at radius 2 is 1.95 bits per heavy atom. The van der Waals surface area contributed by atoms with Gasteiger partial charge in [-0.25, -0.2) is 0 Å². The molecule has 1 atom stereocenters. The van der Waals surface area contributed by atoms with Crippen molar-refractivity contribution in [1.82, 2.24) is 15.1 Å². The molecular weight excluding hydrogens is 240 g/mol. The fourth-order valence-corrected chi connectivity index (χ4v) is 1.99. The molecule has 0 bridgehead atoms. The van der Waals surface area contributed by atoms with Gasteiger partial charge >= 0.3 is 0 Å². The third-order valence-electron chi connectivity index (χ3n) is 3.06. The standard InChI is InChI=1S/C14H18N4O/c1-10(13-8-9-16-18(13)3)17-12-6-4-11(5-7-12)14(19)15-2/h4-10,17H,1-3H3,(H,15,19). The summed E-state index contributed by atoms with van der Waals surface area (Å²) in [6.45, 7) is 2.07. The van der Waals surface area contributed by atoms with Gasteiger partial charge in [0.05, 0.1) is 11.7 Å². The minimum atomic E-state index is -0.0776. The normalized spacial score (nSPS) is 11.9. The first-order valence-corrected chi connectivity index (χ1v) is 6.18. The number of carbonyl (C=O) groups is 1. The molecule has 2 N–H and O–H groups in total. The molecular formula is C14H18N4O. The predicted molar refractivity (Wildman–Crippen MR) is 75.1 cm³/mol. The van der Waals surface area contributed by atoms with Gasteiger partial charge in [-0.1, -0.05) is 0 Å². The molecule has 2 aromatic rings. The van der Waals surface area contributed by atoms with Gasteiger partial charge in [0.25, 0.3) is 5.91 Å². The van der Waals surface area contributed by atoms with Gasteiger partial charge in [0.2, 0.25) is 0 Å². The molecule has 5 nitrogen and oxygen atoms in total. The highest BCUT2D eigenvalue weighted by Gasteiger charge is 2.09. The van der Waals surface area contributed by atoms with Gasteiger partial charge in [-0.15, -0.1) is 0 Å². The van der Waals surface area contributed by atoms with Crippen LogP contribution in [0, 0.1) is 0 Å². The molecule has 1 amide bonds. The molecule has 0 aliphatic carbocycles. The number of nitrogens with one attached hydrogen (secondary N) is 2. The summed E-state index contributed by atoms with van der Waals surface area (Å²) in [7, 11) is 3.54. The number of anilines is 1. The highest BCUT2D eigenvalue weighted by atomic mass is 16.1. The van der Waals surface area contributed by atoms with Crippen LogP contribution >= 0.6 is 0 Å². The van der Waals surface area contributed by atoms with E-state index >= 15 is 0 Å². The Hall–Kier alpha value is -2.30. The largest absolute Gasteiger partial charge is 0.377 e. The molecule has 0 fully saturated rings. The monoisotopic (exact) mass is 258 g/mol. The SMILES string of the molecule is CNC(=O)c1ccc(NC(C)c2ccnn2C)cc1. The maximum Gasteiger partial charge on any atom is 0.251 e. The molecule has 1 unspecified atom stereocenters. The lowest BCUT2D eigenvalue weighted by molar-refractivity contribution is 0.0963. The fourth-order valence-electron chi connectivity index (χ4n) is 1.99. The van der Waals surface area contributed by atoms with Crippen LogP contribution in [-0.4, -0.2) is 22.7 Å². The molecule has 0 radical (unpaired) electrons. The number of carbonyl (C=O) groups excluding carboxylic acids is 1. The van der Waals surface area contributed by atoms with Crippen LogP contribution in [0.2, 0.25) is 0 Å². The number of hydrogen-bond acceptors (Lipinski definition) is 3. The van der Waals surface area contributed by atoms with Crippen molar-refractivity contribution in [2.75, 3.05) is 12.4 Å². The third kappa shape index (κ3) is 2.93. The van der Waals surface area contributed by atoms with Crippen LogP contribution in [0.1, 0.15) is 29.0 Å². The molecule has 0 aliphatic rings. The third-order valence-corrected chi connectivity index (χ3v) is 3.06. The second-order valence-electron chi connectivity index (χ2n) is 4.40. The van der Waals surface area contributed by atoms with E-state index < -0.39 is 0 Å². The highest BCUT2D eigenvalue weighted by molar-refractivity contribution is 5.94. The summed E-state index contributed by atoms with van der Waals surface area (Å²) in [5.41, 5.74) is 2.73. The van der Waals surface area contributed by atoms with E-state index in [0.717, 1.165) is 11.4 Å². The summed E-state index contributed by atoms with van der Waals surface area (Å²) >= 11 is 0. The smallest absolute Gasteiger partial charge is 0.251 e. The van der Waals surface area contributed by atoms with Crippen LogP contribution in [0.25, 0.3) is 0 Å². The van der Waals surface area contributed by atoms with Crippen LogP contribution in [-0.2, 0) is 7.05 Å². The number of nitrogens with zero attached hydrogens (tertiary/aromatic N) is 2. The number of amides is 1. The molecule has 5 heteroatoms. The van der Waals surface area contributed by atoms with Crippen LogP contribution in [0.5, 0.6) is 0 Å². The Labute approximate surface area is 112 Å². The van der Waals surface area contributed by atoms with Gasteiger partial charge in [-0.2, -0.15) is 5.10 Å². The van der Waals surface area contributed by atoms with Gasteiger partial charge in [0, 0.05) is 31.5 Å². The zero-order chi connectivity index (χ0) is 13.8. The lowest BCUT2D eigenvalue weighted by Gasteiger charge is -2.15. The van der Waals surface area contributed by atoms with E-state index in [9.17, 15) is 4.79 Å². The molecule has 1 heterocycles. The Morgan fingerprint density at radius 3 is 2.47 bits per heavy atom. The zero-order valence-electron chi connectivity index (χ0n) is 11.3. The van der Waals surface area contributed by atoms with E-state index in [4.69, 9.17) is 0 Å². The second-order valence-corrected chi connectivity index (χ2v) is 4.40. The van der Waals surface area contributed by atoms with E-state index in [1.54, 1.807) is 25.4 Å². The van der Waals surface area contributed by atoms with Crippen molar-refractivity contribution in [3.05, 3.63) is 47.8 Å². The summed E-state index contributed by atoms with van der Waals surface area (Å²) in [5, 5.41) is 10.1. The van der Waals surface area contributed by atoms with Gasteiger partial charge in [0.15, 0.2) is 0 Å². The summed E-state index contributed by atoms with van der Waals surface area (Å²) < 4.78 is 1.84. The second kappa shape index (κ2) is 5.56. The van der Waals surface area contributed by atoms with Gasteiger partial charge in [-0.3, -0.25) is 9.48 Å². The Bertz CT molecular complexity index is 559. The van der Waals surface area contributed by atoms with Crippen molar-refractivity contribution in [3.8, 4) is 0 Å². The average Bonchev–Trinajstić information content (AvgIpc) is 2.85. The average molecular weight is 258 g/mol. The number of benzene rings is 1. The number of rotatable bonds is 4. The van der Waals surface area contributed by atoms with Crippen molar-refractivity contribution >= 4 is 11.6 Å². The van der Waals surface area contributed by atoms with E-state index in [1.165, 1.54) is 0 Å². The number of hydrogen-bond donors (Lipinski definition) is 2. The van der Waals surface area contributed by atoms with Crippen LogP contribution in [0.4, 0.5) is 5.69 Å². The lowest BCUT2D eigenvalue weighted by Crippen LogP contribution is -2.17. The summed E-state index contributed by atoms with van der Waals surface area (Å²) in [6, 6.07) is 9.54. The maximum atomic E-state index is 11.4. The summed E-state index contributed by atoms with van der Waals surface area (Å²) in [5.74, 6) is -0.0776. The van der Waals surface area contributed by atoms with E-state index in [-0.39, 0.29) is 11.9 Å². The molecule has 0 spiro atoms.